The first-order valence-electron chi connectivity index (χ1n) is 7.99. The lowest BCUT2D eigenvalue weighted by Gasteiger charge is -2.39. The zero-order valence-electron chi connectivity index (χ0n) is 13.6. The van der Waals surface area contributed by atoms with Crippen molar-refractivity contribution in [1.82, 2.24) is 4.90 Å². The molecule has 3 rings (SSSR count). The number of fused-ring (bicyclic) bond motifs is 1. The van der Waals surface area contributed by atoms with Crippen LogP contribution in [0.1, 0.15) is 25.3 Å². The molecule has 0 spiro atoms. The summed E-state index contributed by atoms with van der Waals surface area (Å²) in [6.45, 7) is 3.63. The molecule has 4 heteroatoms. The van der Waals surface area contributed by atoms with Gasteiger partial charge in [-0.3, -0.25) is 0 Å². The number of likely N-dealkylation sites (tertiary alicyclic amines) is 1. The van der Waals surface area contributed by atoms with E-state index < -0.39 is 0 Å². The predicted octanol–water partition coefficient (Wildman–Crippen LogP) is 2.36. The van der Waals surface area contributed by atoms with Gasteiger partial charge in [-0.25, -0.2) is 0 Å². The number of rotatable bonds is 4. The molecule has 1 aliphatic heterocycles. The lowest BCUT2D eigenvalue weighted by molar-refractivity contribution is 0.137. The summed E-state index contributed by atoms with van der Waals surface area (Å²) in [5.41, 5.74) is 1.21. The third-order valence-corrected chi connectivity index (χ3v) is 5.09. The predicted molar refractivity (Wildman–Crippen MR) is 86.6 cm³/mol. The normalized spacial score (nSPS) is 31.1. The van der Waals surface area contributed by atoms with Crippen molar-refractivity contribution in [2.45, 2.75) is 37.3 Å². The topological polar surface area (TPSA) is 41.9 Å². The molecule has 22 heavy (non-hydrogen) atoms. The molecule has 2 aliphatic rings. The van der Waals surface area contributed by atoms with Crippen LogP contribution >= 0.6 is 0 Å². The third kappa shape index (κ3) is 2.40. The van der Waals surface area contributed by atoms with E-state index in [1.807, 2.05) is 19.1 Å². The molecule has 1 aromatic carbocycles. The maximum Gasteiger partial charge on any atom is 0.161 e. The molecule has 1 heterocycles. The van der Waals surface area contributed by atoms with Crippen LogP contribution in [0.15, 0.2) is 30.4 Å². The fourth-order valence-corrected chi connectivity index (χ4v) is 3.92. The van der Waals surface area contributed by atoms with Crippen LogP contribution in [0.5, 0.6) is 11.5 Å². The molecular formula is C18H25NO3. The molecular weight excluding hydrogens is 278 g/mol. The fourth-order valence-electron chi connectivity index (χ4n) is 3.92. The first-order valence-corrected chi connectivity index (χ1v) is 7.99. The minimum atomic E-state index is -0.344. The Bertz CT molecular complexity index is 571. The van der Waals surface area contributed by atoms with E-state index in [-0.39, 0.29) is 11.5 Å². The second kappa shape index (κ2) is 5.94. The van der Waals surface area contributed by atoms with Gasteiger partial charge in [-0.1, -0.05) is 18.2 Å². The third-order valence-electron chi connectivity index (χ3n) is 5.09. The monoisotopic (exact) mass is 303 g/mol. The summed E-state index contributed by atoms with van der Waals surface area (Å²) in [6.07, 6.45) is 5.65. The van der Waals surface area contributed by atoms with Crippen LogP contribution < -0.4 is 9.47 Å². The zero-order valence-corrected chi connectivity index (χ0v) is 13.6. The SMILES string of the molecule is CCOc1cc([C@@]23C=C[C@H](O)C[C@@H]2N(C)CC3)ccc1OC. The lowest BCUT2D eigenvalue weighted by Crippen LogP contribution is -2.44. The first-order chi connectivity index (χ1) is 10.6. The quantitative estimate of drug-likeness (QED) is 0.867. The van der Waals surface area contributed by atoms with Gasteiger partial charge in [0.2, 0.25) is 0 Å². The van der Waals surface area contributed by atoms with E-state index in [2.05, 4.69) is 30.2 Å². The molecule has 3 atom stereocenters. The molecule has 1 fully saturated rings. The van der Waals surface area contributed by atoms with Crippen LogP contribution in [0.2, 0.25) is 0 Å². The van der Waals surface area contributed by atoms with Gasteiger partial charge in [0.15, 0.2) is 11.5 Å². The number of hydrogen-bond acceptors (Lipinski definition) is 4. The molecule has 0 unspecified atom stereocenters. The smallest absolute Gasteiger partial charge is 0.161 e. The molecule has 0 aromatic heterocycles. The number of nitrogens with zero attached hydrogens (tertiary/aromatic N) is 1. The summed E-state index contributed by atoms with van der Waals surface area (Å²) in [5.74, 6) is 1.56. The van der Waals surface area contributed by atoms with Gasteiger partial charge < -0.3 is 19.5 Å². The zero-order chi connectivity index (χ0) is 15.7. The van der Waals surface area contributed by atoms with Crippen LogP contribution in [0.25, 0.3) is 0 Å². The van der Waals surface area contributed by atoms with Crippen molar-refractivity contribution >= 4 is 0 Å². The highest BCUT2D eigenvalue weighted by Gasteiger charge is 2.48. The van der Waals surface area contributed by atoms with E-state index in [1.54, 1.807) is 7.11 Å². The van der Waals surface area contributed by atoms with Gasteiger partial charge in [-0.2, -0.15) is 0 Å². The van der Waals surface area contributed by atoms with Crippen LogP contribution in [0.4, 0.5) is 0 Å². The van der Waals surface area contributed by atoms with Crippen molar-refractivity contribution < 1.29 is 14.6 Å². The highest BCUT2D eigenvalue weighted by atomic mass is 16.5. The van der Waals surface area contributed by atoms with Crippen LogP contribution in [0, 0.1) is 0 Å². The second-order valence-electron chi connectivity index (χ2n) is 6.25. The maximum atomic E-state index is 10.00. The summed E-state index contributed by atoms with van der Waals surface area (Å²) in [7, 11) is 3.81. The fraction of sp³-hybridized carbons (Fsp3) is 0.556. The molecule has 1 saturated heterocycles. The Labute approximate surface area is 132 Å². The van der Waals surface area contributed by atoms with E-state index in [1.165, 1.54) is 5.56 Å². The van der Waals surface area contributed by atoms with E-state index in [0.717, 1.165) is 30.9 Å². The van der Waals surface area contributed by atoms with Crippen molar-refractivity contribution in [2.24, 2.45) is 0 Å². The second-order valence-corrected chi connectivity index (χ2v) is 6.25. The Morgan fingerprint density at radius 3 is 2.91 bits per heavy atom. The van der Waals surface area contributed by atoms with Gasteiger partial charge >= 0.3 is 0 Å². The standard InChI is InChI=1S/C18H25NO3/c1-4-22-16-11-13(5-6-15(16)21-3)18-8-7-14(20)12-17(18)19(2)10-9-18/h5-8,11,14,17,20H,4,9-10,12H2,1-3H3/t14-,17-,18-/m0/s1. The Morgan fingerprint density at radius 2 is 2.18 bits per heavy atom. The van der Waals surface area contributed by atoms with Gasteiger partial charge in [-0.05, 0) is 51.1 Å². The lowest BCUT2D eigenvalue weighted by atomic mass is 9.69. The average Bonchev–Trinajstić information content (AvgIpc) is 2.86. The molecule has 4 nitrogen and oxygen atoms in total. The molecule has 0 radical (unpaired) electrons. The highest BCUT2D eigenvalue weighted by molar-refractivity contribution is 5.48. The largest absolute Gasteiger partial charge is 0.493 e. The summed E-state index contributed by atoms with van der Waals surface area (Å²) < 4.78 is 11.1. The molecule has 1 N–H and O–H groups in total. The first kappa shape index (κ1) is 15.4. The number of methoxy groups -OCH3 is 1. The van der Waals surface area contributed by atoms with Crippen LogP contribution in [-0.4, -0.2) is 49.5 Å². The highest BCUT2D eigenvalue weighted by Crippen LogP contribution is 2.47. The average molecular weight is 303 g/mol. The van der Waals surface area contributed by atoms with Crippen molar-refractivity contribution in [3.05, 3.63) is 35.9 Å². The molecule has 0 saturated carbocycles. The number of aliphatic hydroxyl groups excluding tert-OH is 1. The van der Waals surface area contributed by atoms with Crippen molar-refractivity contribution in [3.8, 4) is 11.5 Å². The van der Waals surface area contributed by atoms with Gasteiger partial charge in [-0.15, -0.1) is 0 Å². The number of aliphatic hydroxyl groups is 1. The molecule has 0 bridgehead atoms. The number of hydrogen-bond donors (Lipinski definition) is 1. The minimum absolute atomic E-state index is 0.0356. The molecule has 120 valence electrons. The van der Waals surface area contributed by atoms with E-state index in [0.29, 0.717) is 12.6 Å². The van der Waals surface area contributed by atoms with E-state index in [4.69, 9.17) is 9.47 Å². The van der Waals surface area contributed by atoms with Gasteiger partial charge in [0.05, 0.1) is 19.8 Å². The Balaban J connectivity index is 2.05. The van der Waals surface area contributed by atoms with Crippen LogP contribution in [-0.2, 0) is 5.41 Å². The number of benzene rings is 1. The Kier molecular flexibility index (Phi) is 4.15. The Hall–Kier alpha value is -1.52. The van der Waals surface area contributed by atoms with Gasteiger partial charge in [0.25, 0.3) is 0 Å². The van der Waals surface area contributed by atoms with Crippen molar-refractivity contribution in [2.75, 3.05) is 27.3 Å². The van der Waals surface area contributed by atoms with E-state index in [9.17, 15) is 5.11 Å². The summed E-state index contributed by atoms with van der Waals surface area (Å²) in [5, 5.41) is 10.00. The number of ether oxygens (including phenoxy) is 2. The molecule has 0 amide bonds. The van der Waals surface area contributed by atoms with Gasteiger partial charge in [0, 0.05) is 11.5 Å². The van der Waals surface area contributed by atoms with E-state index >= 15 is 0 Å². The van der Waals surface area contributed by atoms with Crippen molar-refractivity contribution in [1.29, 1.82) is 0 Å². The van der Waals surface area contributed by atoms with Crippen LogP contribution in [0.3, 0.4) is 0 Å². The number of likely N-dealkylation sites (N-methyl/N-ethyl adjacent to an activating group) is 1. The summed E-state index contributed by atoms with van der Waals surface area (Å²) >= 11 is 0. The maximum absolute atomic E-state index is 10.00. The Morgan fingerprint density at radius 1 is 1.36 bits per heavy atom. The van der Waals surface area contributed by atoms with Gasteiger partial charge in [0.1, 0.15) is 0 Å². The molecule has 1 aliphatic carbocycles. The minimum Gasteiger partial charge on any atom is -0.493 e. The summed E-state index contributed by atoms with van der Waals surface area (Å²) in [6, 6.07) is 6.56. The van der Waals surface area contributed by atoms with Crippen molar-refractivity contribution in [3.63, 3.8) is 0 Å². The molecule has 1 aromatic rings. The summed E-state index contributed by atoms with van der Waals surface area (Å²) in [4.78, 5) is 2.36.